The molecule has 1 unspecified atom stereocenters. The molecule has 202 valence electrons. The fourth-order valence-corrected chi connectivity index (χ4v) is 6.02. The van der Waals surface area contributed by atoms with Crippen LogP contribution in [-0.2, 0) is 16.6 Å². The lowest BCUT2D eigenvalue weighted by Gasteiger charge is -2.27. The average Bonchev–Trinajstić information content (AvgIpc) is 2.95. The highest BCUT2D eigenvalue weighted by Gasteiger charge is 2.29. The van der Waals surface area contributed by atoms with Crippen molar-refractivity contribution in [2.75, 3.05) is 11.4 Å². The largest absolute Gasteiger partial charge is 0.496 e. The molecule has 0 saturated carbocycles. The zero-order valence-electron chi connectivity index (χ0n) is 22.7. The number of sulfonamides is 1. The summed E-state index contributed by atoms with van der Waals surface area (Å²) in [7, 11) is -2.36. The minimum atomic E-state index is -3.99. The van der Waals surface area contributed by atoms with Gasteiger partial charge in [-0.25, -0.2) is 8.42 Å². The quantitative estimate of drug-likeness (QED) is 0.245. The molecule has 4 rings (SSSR count). The van der Waals surface area contributed by atoms with E-state index in [2.05, 4.69) is 5.32 Å². The van der Waals surface area contributed by atoms with Crippen LogP contribution in [0.1, 0.15) is 52.0 Å². The van der Waals surface area contributed by atoms with Crippen molar-refractivity contribution >= 4 is 21.6 Å². The Labute approximate surface area is 231 Å². The van der Waals surface area contributed by atoms with E-state index in [0.29, 0.717) is 12.1 Å². The molecule has 0 aliphatic carbocycles. The van der Waals surface area contributed by atoms with Gasteiger partial charge in [0.05, 0.1) is 35.8 Å². The normalized spacial score (nSPS) is 12.0. The summed E-state index contributed by atoms with van der Waals surface area (Å²) in [5, 5.41) is 3.12. The number of hydrogen-bond acceptors (Lipinski definition) is 4. The third-order valence-corrected chi connectivity index (χ3v) is 8.50. The third-order valence-electron chi connectivity index (χ3n) is 6.73. The number of carbonyl (C=O) groups excluding carboxylic acids is 1. The molecule has 39 heavy (non-hydrogen) atoms. The highest BCUT2D eigenvalue weighted by Crippen LogP contribution is 2.31. The van der Waals surface area contributed by atoms with E-state index < -0.39 is 10.0 Å². The van der Waals surface area contributed by atoms with Gasteiger partial charge in [0.15, 0.2) is 0 Å². The number of amides is 1. The van der Waals surface area contributed by atoms with Crippen LogP contribution in [0.3, 0.4) is 0 Å². The Kier molecular flexibility index (Phi) is 8.72. The molecule has 0 aliphatic heterocycles. The summed E-state index contributed by atoms with van der Waals surface area (Å²) in [6.07, 6.45) is 0.662. The first-order chi connectivity index (χ1) is 18.7. The van der Waals surface area contributed by atoms with Gasteiger partial charge in [-0.1, -0.05) is 79.2 Å². The molecule has 0 fully saturated rings. The van der Waals surface area contributed by atoms with Crippen molar-refractivity contribution in [3.63, 3.8) is 0 Å². The predicted octanol–water partition coefficient (Wildman–Crippen LogP) is 6.59. The van der Waals surface area contributed by atoms with Gasteiger partial charge in [0.2, 0.25) is 0 Å². The maximum Gasteiger partial charge on any atom is 0.264 e. The Morgan fingerprint density at radius 3 is 2.21 bits per heavy atom. The lowest BCUT2D eigenvalue weighted by molar-refractivity contribution is 0.0936. The van der Waals surface area contributed by atoms with E-state index in [1.807, 2.05) is 69.3 Å². The van der Waals surface area contributed by atoms with Crippen LogP contribution in [0.25, 0.3) is 0 Å². The fourth-order valence-electron chi connectivity index (χ4n) is 4.54. The predicted molar refractivity (Wildman–Crippen MR) is 156 cm³/mol. The molecule has 0 spiro atoms. The molecular weight excluding hydrogens is 508 g/mol. The zero-order chi connectivity index (χ0) is 28.0. The number of methoxy groups -OCH3 is 1. The fraction of sp³-hybridized carbons (Fsp3) is 0.219. The second-order valence-corrected chi connectivity index (χ2v) is 11.4. The lowest BCUT2D eigenvalue weighted by atomic mass is 10.0. The highest BCUT2D eigenvalue weighted by molar-refractivity contribution is 7.92. The van der Waals surface area contributed by atoms with Crippen LogP contribution in [0.15, 0.2) is 102 Å². The summed E-state index contributed by atoms with van der Waals surface area (Å²) in [6.45, 7) is 5.95. The standard InChI is InChI=1S/C32H34N2O4S/c1-5-29(26-17-20-31(38-4)24(3)21-26)33-32(35)28-13-9-10-14-30(28)34(22-25-11-7-6-8-12-25)39(36,37)27-18-15-23(2)16-19-27/h6-21,29H,5,22H2,1-4H3,(H,33,35). The highest BCUT2D eigenvalue weighted by atomic mass is 32.2. The summed E-state index contributed by atoms with van der Waals surface area (Å²) >= 11 is 0. The number of hydrogen-bond donors (Lipinski definition) is 1. The molecule has 6 nitrogen and oxygen atoms in total. The molecule has 4 aromatic carbocycles. The number of aryl methyl sites for hydroxylation is 2. The van der Waals surface area contributed by atoms with Gasteiger partial charge in [0.25, 0.3) is 15.9 Å². The van der Waals surface area contributed by atoms with Crippen LogP contribution in [0.4, 0.5) is 5.69 Å². The summed E-state index contributed by atoms with van der Waals surface area (Å²) in [6, 6.07) is 28.5. The smallest absolute Gasteiger partial charge is 0.264 e. The van der Waals surface area contributed by atoms with Gasteiger partial charge in [0, 0.05) is 0 Å². The first-order valence-corrected chi connectivity index (χ1v) is 14.4. The molecule has 0 radical (unpaired) electrons. The molecule has 0 saturated heterocycles. The first kappa shape index (κ1) is 27.9. The molecule has 1 atom stereocenters. The minimum absolute atomic E-state index is 0.0796. The van der Waals surface area contributed by atoms with Crippen LogP contribution in [0.5, 0.6) is 5.75 Å². The topological polar surface area (TPSA) is 75.7 Å². The second-order valence-electron chi connectivity index (χ2n) is 9.49. The number of benzene rings is 4. The van der Waals surface area contributed by atoms with Gasteiger partial charge in [-0.2, -0.15) is 0 Å². The van der Waals surface area contributed by atoms with Crippen LogP contribution in [-0.4, -0.2) is 21.4 Å². The van der Waals surface area contributed by atoms with Crippen molar-refractivity contribution in [3.05, 3.63) is 125 Å². The Bertz CT molecular complexity index is 1530. The number of rotatable bonds is 10. The van der Waals surface area contributed by atoms with Gasteiger partial charge < -0.3 is 10.1 Å². The monoisotopic (exact) mass is 542 g/mol. The maximum absolute atomic E-state index is 14.0. The molecule has 0 bridgehead atoms. The van der Waals surface area contributed by atoms with Crippen LogP contribution >= 0.6 is 0 Å². The van der Waals surface area contributed by atoms with Gasteiger partial charge >= 0.3 is 0 Å². The molecule has 1 N–H and O–H groups in total. The number of anilines is 1. The van der Waals surface area contributed by atoms with E-state index in [1.165, 1.54) is 4.31 Å². The van der Waals surface area contributed by atoms with Crippen LogP contribution in [0.2, 0.25) is 0 Å². The Morgan fingerprint density at radius 2 is 1.56 bits per heavy atom. The number of ether oxygens (including phenoxy) is 1. The summed E-state index contributed by atoms with van der Waals surface area (Å²) in [5.74, 6) is 0.436. The van der Waals surface area contributed by atoms with Crippen molar-refractivity contribution in [2.45, 2.75) is 44.7 Å². The van der Waals surface area contributed by atoms with E-state index >= 15 is 0 Å². The molecule has 0 aromatic heterocycles. The number of para-hydroxylation sites is 1. The van der Waals surface area contributed by atoms with Crippen molar-refractivity contribution < 1.29 is 17.9 Å². The van der Waals surface area contributed by atoms with Gasteiger partial charge in [-0.15, -0.1) is 0 Å². The van der Waals surface area contributed by atoms with Crippen molar-refractivity contribution in [3.8, 4) is 5.75 Å². The lowest BCUT2D eigenvalue weighted by Crippen LogP contribution is -2.34. The Balaban J connectivity index is 1.74. The van der Waals surface area contributed by atoms with Crippen LogP contribution in [0, 0.1) is 13.8 Å². The molecule has 7 heteroatoms. The van der Waals surface area contributed by atoms with Gasteiger partial charge in [-0.3, -0.25) is 9.10 Å². The molecule has 0 aliphatic rings. The zero-order valence-corrected chi connectivity index (χ0v) is 23.5. The second kappa shape index (κ2) is 12.2. The van der Waals surface area contributed by atoms with Crippen molar-refractivity contribution in [2.24, 2.45) is 0 Å². The molecular formula is C32H34N2O4S. The molecule has 0 heterocycles. The summed E-state index contributed by atoms with van der Waals surface area (Å²) in [5.41, 5.74) is 4.30. The summed E-state index contributed by atoms with van der Waals surface area (Å²) < 4.78 is 34.7. The summed E-state index contributed by atoms with van der Waals surface area (Å²) in [4.78, 5) is 13.9. The van der Waals surface area contributed by atoms with E-state index in [-0.39, 0.29) is 29.0 Å². The average molecular weight is 543 g/mol. The van der Waals surface area contributed by atoms with E-state index in [0.717, 1.165) is 28.0 Å². The Hall–Kier alpha value is -4.10. The van der Waals surface area contributed by atoms with E-state index in [1.54, 1.807) is 55.6 Å². The minimum Gasteiger partial charge on any atom is -0.496 e. The van der Waals surface area contributed by atoms with Crippen molar-refractivity contribution in [1.29, 1.82) is 0 Å². The number of nitrogens with one attached hydrogen (secondary N) is 1. The third kappa shape index (κ3) is 6.32. The van der Waals surface area contributed by atoms with Crippen molar-refractivity contribution in [1.82, 2.24) is 5.32 Å². The van der Waals surface area contributed by atoms with E-state index in [9.17, 15) is 13.2 Å². The SMILES string of the molecule is CCC(NC(=O)c1ccccc1N(Cc1ccccc1)S(=O)(=O)c1ccc(C)cc1)c1ccc(OC)c(C)c1. The number of carbonyl (C=O) groups is 1. The molecule has 4 aromatic rings. The Morgan fingerprint density at radius 1 is 0.897 bits per heavy atom. The van der Waals surface area contributed by atoms with Crippen LogP contribution < -0.4 is 14.4 Å². The first-order valence-electron chi connectivity index (χ1n) is 12.9. The van der Waals surface area contributed by atoms with Gasteiger partial charge in [-0.05, 0) is 67.3 Å². The van der Waals surface area contributed by atoms with Gasteiger partial charge in [0.1, 0.15) is 5.75 Å². The van der Waals surface area contributed by atoms with E-state index in [4.69, 9.17) is 4.74 Å². The molecule has 1 amide bonds. The maximum atomic E-state index is 14.0. The number of nitrogens with zero attached hydrogens (tertiary/aromatic N) is 1.